The zero-order valence-electron chi connectivity index (χ0n) is 14.3. The van der Waals surface area contributed by atoms with Gasteiger partial charge < -0.3 is 10.6 Å². The highest BCUT2D eigenvalue weighted by atomic mass is 32.1. The molecule has 0 spiro atoms. The maximum Gasteiger partial charge on any atom is 0.416 e. The molecule has 2 rings (SSSR count). The van der Waals surface area contributed by atoms with Crippen molar-refractivity contribution >= 4 is 23.2 Å². The van der Waals surface area contributed by atoms with Gasteiger partial charge in [-0.2, -0.15) is 13.2 Å². The van der Waals surface area contributed by atoms with Gasteiger partial charge in [0.2, 0.25) is 5.91 Å². The number of thiophene rings is 1. The summed E-state index contributed by atoms with van der Waals surface area (Å²) in [4.78, 5) is 25.0. The summed E-state index contributed by atoms with van der Waals surface area (Å²) < 4.78 is 38.2. The molecule has 2 aromatic rings. The maximum atomic E-state index is 12.7. The molecule has 0 fully saturated rings. The molecular weight excluding hydrogens is 365 g/mol. The molecule has 1 heterocycles. The van der Waals surface area contributed by atoms with Crippen molar-refractivity contribution in [3.8, 4) is 0 Å². The van der Waals surface area contributed by atoms with E-state index in [2.05, 4.69) is 10.6 Å². The molecule has 0 aliphatic heterocycles. The van der Waals surface area contributed by atoms with Gasteiger partial charge in [0.15, 0.2) is 0 Å². The number of benzene rings is 1. The highest BCUT2D eigenvalue weighted by molar-refractivity contribution is 7.12. The number of hydrogen-bond acceptors (Lipinski definition) is 3. The van der Waals surface area contributed by atoms with E-state index in [0.717, 1.165) is 12.1 Å². The van der Waals surface area contributed by atoms with Crippen LogP contribution in [0.2, 0.25) is 0 Å². The SMILES string of the molecule is CC(C)C(NC(=O)c1cccs1)C(=O)NCc1cccc(C(F)(F)F)c1. The predicted molar refractivity (Wildman–Crippen MR) is 93.7 cm³/mol. The van der Waals surface area contributed by atoms with Crippen LogP contribution in [0.4, 0.5) is 13.2 Å². The van der Waals surface area contributed by atoms with E-state index >= 15 is 0 Å². The molecule has 2 N–H and O–H groups in total. The molecule has 2 amide bonds. The summed E-state index contributed by atoms with van der Waals surface area (Å²) >= 11 is 1.26. The van der Waals surface area contributed by atoms with E-state index < -0.39 is 23.7 Å². The zero-order valence-corrected chi connectivity index (χ0v) is 15.1. The highest BCUT2D eigenvalue weighted by Gasteiger charge is 2.30. The lowest BCUT2D eigenvalue weighted by Crippen LogP contribution is -2.49. The second-order valence-corrected chi connectivity index (χ2v) is 7.04. The van der Waals surface area contributed by atoms with Crippen molar-refractivity contribution in [2.45, 2.75) is 32.6 Å². The van der Waals surface area contributed by atoms with Crippen LogP contribution in [-0.4, -0.2) is 17.9 Å². The van der Waals surface area contributed by atoms with Gasteiger partial charge in [0.05, 0.1) is 10.4 Å². The van der Waals surface area contributed by atoms with E-state index in [9.17, 15) is 22.8 Å². The third kappa shape index (κ3) is 5.32. The van der Waals surface area contributed by atoms with Gasteiger partial charge in [-0.15, -0.1) is 11.3 Å². The Morgan fingerprint density at radius 1 is 1.15 bits per heavy atom. The van der Waals surface area contributed by atoms with Crippen LogP contribution >= 0.6 is 11.3 Å². The number of rotatable bonds is 6. The average Bonchev–Trinajstić information content (AvgIpc) is 3.11. The largest absolute Gasteiger partial charge is 0.416 e. The van der Waals surface area contributed by atoms with Crippen LogP contribution in [0.5, 0.6) is 0 Å². The van der Waals surface area contributed by atoms with Crippen LogP contribution in [0.3, 0.4) is 0 Å². The fourth-order valence-corrected chi connectivity index (χ4v) is 2.94. The summed E-state index contributed by atoms with van der Waals surface area (Å²) in [6.45, 7) is 3.51. The maximum absolute atomic E-state index is 12.7. The number of amides is 2. The van der Waals surface area contributed by atoms with E-state index in [4.69, 9.17) is 0 Å². The molecule has 0 saturated carbocycles. The summed E-state index contributed by atoms with van der Waals surface area (Å²) in [7, 11) is 0. The molecule has 1 aromatic carbocycles. The quantitative estimate of drug-likeness (QED) is 0.795. The van der Waals surface area contributed by atoms with Crippen LogP contribution in [0, 0.1) is 5.92 Å². The first-order valence-corrected chi connectivity index (χ1v) is 8.84. The van der Waals surface area contributed by atoms with Crippen molar-refractivity contribution in [2.24, 2.45) is 5.92 Å². The summed E-state index contributed by atoms with van der Waals surface area (Å²) in [5.41, 5.74) is -0.434. The Balaban J connectivity index is 2.01. The molecule has 8 heteroatoms. The summed E-state index contributed by atoms with van der Waals surface area (Å²) in [5.74, 6) is -0.976. The topological polar surface area (TPSA) is 58.2 Å². The standard InChI is InChI=1S/C18H19F3N2O2S/c1-11(2)15(23-16(24)14-7-4-8-26-14)17(25)22-10-12-5-3-6-13(9-12)18(19,20)21/h3-9,11,15H,10H2,1-2H3,(H,22,25)(H,23,24). The Kier molecular flexibility index (Phi) is 6.42. The molecule has 1 atom stereocenters. The number of nitrogens with one attached hydrogen (secondary N) is 2. The Morgan fingerprint density at radius 3 is 2.46 bits per heavy atom. The Bertz CT molecular complexity index is 758. The van der Waals surface area contributed by atoms with Gasteiger partial charge in [-0.1, -0.05) is 32.0 Å². The monoisotopic (exact) mass is 384 g/mol. The number of halogens is 3. The normalized spacial score (nSPS) is 12.7. The van der Waals surface area contributed by atoms with Gasteiger partial charge >= 0.3 is 6.18 Å². The minimum Gasteiger partial charge on any atom is -0.350 e. The third-order valence-electron chi connectivity index (χ3n) is 3.70. The Morgan fingerprint density at radius 2 is 1.88 bits per heavy atom. The summed E-state index contributed by atoms with van der Waals surface area (Å²) in [5, 5.41) is 7.02. The second-order valence-electron chi connectivity index (χ2n) is 6.09. The van der Waals surface area contributed by atoms with Gasteiger partial charge in [0.25, 0.3) is 5.91 Å². The van der Waals surface area contributed by atoms with E-state index in [-0.39, 0.29) is 18.4 Å². The molecule has 140 valence electrons. The molecule has 26 heavy (non-hydrogen) atoms. The van der Waals surface area contributed by atoms with Crippen LogP contribution in [0.15, 0.2) is 41.8 Å². The first-order chi connectivity index (χ1) is 12.2. The van der Waals surface area contributed by atoms with Crippen molar-refractivity contribution in [3.05, 3.63) is 57.8 Å². The van der Waals surface area contributed by atoms with Gasteiger partial charge in [-0.3, -0.25) is 9.59 Å². The molecule has 0 aliphatic rings. The number of hydrogen-bond donors (Lipinski definition) is 2. The molecular formula is C18H19F3N2O2S. The van der Waals surface area contributed by atoms with E-state index in [1.807, 2.05) is 0 Å². The Hall–Kier alpha value is -2.35. The van der Waals surface area contributed by atoms with Crippen molar-refractivity contribution < 1.29 is 22.8 Å². The lowest BCUT2D eigenvalue weighted by atomic mass is 10.0. The number of carbonyl (C=O) groups is 2. The highest BCUT2D eigenvalue weighted by Crippen LogP contribution is 2.29. The summed E-state index contributed by atoms with van der Waals surface area (Å²) in [6, 6.07) is 7.37. The van der Waals surface area contributed by atoms with E-state index in [1.165, 1.54) is 23.5 Å². The lowest BCUT2D eigenvalue weighted by Gasteiger charge is -2.21. The van der Waals surface area contributed by atoms with Gasteiger partial charge in [-0.25, -0.2) is 0 Å². The minimum absolute atomic E-state index is 0.0547. The fourth-order valence-electron chi connectivity index (χ4n) is 2.31. The van der Waals surface area contributed by atoms with Gasteiger partial charge in [-0.05, 0) is 35.1 Å². The number of alkyl halides is 3. The molecule has 0 aliphatic carbocycles. The van der Waals surface area contributed by atoms with Crippen LogP contribution in [-0.2, 0) is 17.5 Å². The third-order valence-corrected chi connectivity index (χ3v) is 4.57. The second kappa shape index (κ2) is 8.35. The van der Waals surface area contributed by atoms with Crippen molar-refractivity contribution in [3.63, 3.8) is 0 Å². The molecule has 0 saturated heterocycles. The smallest absolute Gasteiger partial charge is 0.350 e. The zero-order chi connectivity index (χ0) is 19.3. The molecule has 4 nitrogen and oxygen atoms in total. The van der Waals surface area contributed by atoms with Crippen molar-refractivity contribution in [1.82, 2.24) is 10.6 Å². The predicted octanol–water partition coefficient (Wildman–Crippen LogP) is 3.84. The molecule has 0 radical (unpaired) electrons. The fraction of sp³-hybridized carbons (Fsp3) is 0.333. The molecule has 1 unspecified atom stereocenters. The molecule has 1 aromatic heterocycles. The molecule has 0 bridgehead atoms. The Labute approximate surface area is 153 Å². The van der Waals surface area contributed by atoms with Crippen molar-refractivity contribution in [1.29, 1.82) is 0 Å². The number of carbonyl (C=O) groups excluding carboxylic acids is 2. The average molecular weight is 384 g/mol. The first-order valence-electron chi connectivity index (χ1n) is 7.96. The minimum atomic E-state index is -4.44. The first kappa shape index (κ1) is 20.0. The summed E-state index contributed by atoms with van der Waals surface area (Å²) in [6.07, 6.45) is -4.44. The van der Waals surface area contributed by atoms with Gasteiger partial charge in [0.1, 0.15) is 6.04 Å². The van der Waals surface area contributed by atoms with Gasteiger partial charge in [0, 0.05) is 6.54 Å². The van der Waals surface area contributed by atoms with E-state index in [1.54, 1.807) is 31.4 Å². The van der Waals surface area contributed by atoms with Crippen LogP contribution in [0.1, 0.15) is 34.6 Å². The van der Waals surface area contributed by atoms with Crippen LogP contribution in [0.25, 0.3) is 0 Å². The lowest BCUT2D eigenvalue weighted by molar-refractivity contribution is -0.137. The van der Waals surface area contributed by atoms with Crippen LogP contribution < -0.4 is 10.6 Å². The van der Waals surface area contributed by atoms with Crippen molar-refractivity contribution in [2.75, 3.05) is 0 Å². The van der Waals surface area contributed by atoms with E-state index in [0.29, 0.717) is 10.4 Å².